The highest BCUT2D eigenvalue weighted by atomic mass is 16.2. The number of nitrogens with zero attached hydrogens (tertiary/aromatic N) is 2. The zero-order valence-corrected chi connectivity index (χ0v) is 15.9. The van der Waals surface area contributed by atoms with Gasteiger partial charge in [-0.25, -0.2) is 0 Å². The lowest BCUT2D eigenvalue weighted by Crippen LogP contribution is -2.51. The van der Waals surface area contributed by atoms with Gasteiger partial charge in [-0.15, -0.1) is 0 Å². The predicted molar refractivity (Wildman–Crippen MR) is 107 cm³/mol. The molecule has 138 valence electrons. The third-order valence-corrected chi connectivity index (χ3v) is 6.07. The van der Waals surface area contributed by atoms with E-state index in [9.17, 15) is 4.79 Å². The number of amides is 1. The first-order valence-corrected chi connectivity index (χ1v) is 9.92. The number of carbonyl (C=O) groups excluding carboxylic acids is 1. The smallest absolute Gasteiger partial charge is 0.237 e. The Morgan fingerprint density at radius 1 is 1.19 bits per heavy atom. The summed E-state index contributed by atoms with van der Waals surface area (Å²) in [6, 6.07) is 9.22. The van der Waals surface area contributed by atoms with E-state index >= 15 is 0 Å². The van der Waals surface area contributed by atoms with Gasteiger partial charge in [0.15, 0.2) is 0 Å². The molecule has 26 heavy (non-hydrogen) atoms. The fraction of sp³-hybridized carbons (Fsp3) is 0.500. The molecule has 2 atom stereocenters. The van der Waals surface area contributed by atoms with Crippen molar-refractivity contribution in [1.29, 1.82) is 0 Å². The Morgan fingerprint density at radius 2 is 1.96 bits per heavy atom. The van der Waals surface area contributed by atoms with Crippen LogP contribution in [0, 0.1) is 0 Å². The molecule has 4 nitrogen and oxygen atoms in total. The predicted octanol–water partition coefficient (Wildman–Crippen LogP) is 4.05. The van der Waals surface area contributed by atoms with Crippen molar-refractivity contribution in [3.63, 3.8) is 0 Å². The minimum absolute atomic E-state index is 0.300. The van der Waals surface area contributed by atoms with Crippen LogP contribution < -0.4 is 0 Å². The molecule has 1 amide bonds. The van der Waals surface area contributed by atoms with Crippen LogP contribution >= 0.6 is 0 Å². The maximum absolute atomic E-state index is 12.8. The molecule has 1 aromatic heterocycles. The molecule has 2 aliphatic rings. The van der Waals surface area contributed by atoms with Gasteiger partial charge in [0.05, 0.1) is 6.54 Å². The average molecular weight is 351 g/mol. The Kier molecular flexibility index (Phi) is 4.86. The Bertz CT molecular complexity index is 812. The molecule has 0 bridgehead atoms. The molecule has 0 radical (unpaired) electrons. The van der Waals surface area contributed by atoms with Crippen molar-refractivity contribution >= 4 is 22.4 Å². The highest BCUT2D eigenvalue weighted by Crippen LogP contribution is 2.29. The second kappa shape index (κ2) is 7.28. The van der Waals surface area contributed by atoms with Crippen LogP contribution in [0.5, 0.6) is 0 Å². The van der Waals surface area contributed by atoms with Gasteiger partial charge in [0, 0.05) is 47.8 Å². The molecule has 2 aliphatic heterocycles. The molecule has 1 N–H and O–H groups in total. The summed E-state index contributed by atoms with van der Waals surface area (Å²) in [4.78, 5) is 20.6. The van der Waals surface area contributed by atoms with E-state index < -0.39 is 0 Å². The van der Waals surface area contributed by atoms with Gasteiger partial charge in [-0.05, 0) is 51.2 Å². The molecule has 1 fully saturated rings. The molecule has 0 aliphatic carbocycles. The van der Waals surface area contributed by atoms with E-state index in [0.717, 1.165) is 32.4 Å². The number of hydrogen-bond donors (Lipinski definition) is 1. The SMILES string of the molecule is CC1CCCC(C)N1C(=O)CN1CC=C(c2c[nH]c3ccccc23)CC1. The monoisotopic (exact) mass is 351 g/mol. The molecule has 2 aromatic rings. The summed E-state index contributed by atoms with van der Waals surface area (Å²) in [6.45, 7) is 6.74. The lowest BCUT2D eigenvalue weighted by atomic mass is 9.97. The van der Waals surface area contributed by atoms with Gasteiger partial charge in [-0.3, -0.25) is 9.69 Å². The van der Waals surface area contributed by atoms with E-state index in [1.165, 1.54) is 28.5 Å². The number of para-hydroxylation sites is 1. The van der Waals surface area contributed by atoms with E-state index in [0.29, 0.717) is 24.5 Å². The quantitative estimate of drug-likeness (QED) is 0.906. The van der Waals surface area contributed by atoms with E-state index in [4.69, 9.17) is 0 Å². The van der Waals surface area contributed by atoms with Crippen molar-refractivity contribution in [2.45, 2.75) is 51.6 Å². The lowest BCUT2D eigenvalue weighted by molar-refractivity contribution is -0.138. The first-order chi connectivity index (χ1) is 12.6. The maximum Gasteiger partial charge on any atom is 0.237 e. The van der Waals surface area contributed by atoms with E-state index in [-0.39, 0.29) is 0 Å². The Hall–Kier alpha value is -2.07. The second-order valence-corrected chi connectivity index (χ2v) is 7.89. The third kappa shape index (κ3) is 3.30. The third-order valence-electron chi connectivity index (χ3n) is 6.07. The molecule has 4 rings (SSSR count). The summed E-state index contributed by atoms with van der Waals surface area (Å²) < 4.78 is 0. The molecule has 2 unspecified atom stereocenters. The van der Waals surface area contributed by atoms with Crippen molar-refractivity contribution in [3.05, 3.63) is 42.1 Å². The highest BCUT2D eigenvalue weighted by molar-refractivity contribution is 5.92. The van der Waals surface area contributed by atoms with Gasteiger partial charge in [-0.2, -0.15) is 0 Å². The molecule has 0 saturated carbocycles. The number of nitrogens with one attached hydrogen (secondary N) is 1. The number of piperidine rings is 1. The number of rotatable bonds is 3. The molecule has 0 spiro atoms. The van der Waals surface area contributed by atoms with E-state index in [2.05, 4.69) is 65.2 Å². The van der Waals surface area contributed by atoms with Gasteiger partial charge in [0.25, 0.3) is 0 Å². The molecule has 1 aromatic carbocycles. The van der Waals surface area contributed by atoms with Gasteiger partial charge >= 0.3 is 0 Å². The van der Waals surface area contributed by atoms with E-state index in [1.54, 1.807) is 0 Å². The molecular formula is C22H29N3O. The number of aromatic nitrogens is 1. The zero-order valence-electron chi connectivity index (χ0n) is 15.9. The summed E-state index contributed by atoms with van der Waals surface area (Å²) in [5.74, 6) is 0.300. The van der Waals surface area contributed by atoms with Crippen LogP contribution in [0.2, 0.25) is 0 Å². The average Bonchev–Trinajstić information content (AvgIpc) is 3.06. The normalized spacial score (nSPS) is 24.7. The van der Waals surface area contributed by atoms with Crippen LogP contribution in [0.1, 0.15) is 45.1 Å². The van der Waals surface area contributed by atoms with E-state index in [1.807, 2.05) is 0 Å². The van der Waals surface area contributed by atoms with Crippen molar-refractivity contribution in [2.24, 2.45) is 0 Å². The number of H-pyrrole nitrogens is 1. The van der Waals surface area contributed by atoms with Crippen molar-refractivity contribution in [3.8, 4) is 0 Å². The zero-order chi connectivity index (χ0) is 18.1. The molecular weight excluding hydrogens is 322 g/mol. The van der Waals surface area contributed by atoms with Crippen LogP contribution in [-0.2, 0) is 4.79 Å². The Balaban J connectivity index is 1.42. The van der Waals surface area contributed by atoms with Gasteiger partial charge in [-0.1, -0.05) is 24.3 Å². The molecule has 3 heterocycles. The summed E-state index contributed by atoms with van der Waals surface area (Å²) in [6.07, 6.45) is 8.94. The standard InChI is InChI=1S/C22H29N3O/c1-16-6-5-7-17(2)25(16)22(26)15-24-12-10-18(11-13-24)20-14-23-21-9-4-3-8-19(20)21/h3-4,8-10,14,16-17,23H,5-7,11-13,15H2,1-2H3. The first-order valence-electron chi connectivity index (χ1n) is 9.92. The summed E-state index contributed by atoms with van der Waals surface area (Å²) >= 11 is 0. The maximum atomic E-state index is 12.8. The minimum atomic E-state index is 0.300. The summed E-state index contributed by atoms with van der Waals surface area (Å²) in [5.41, 5.74) is 3.89. The van der Waals surface area contributed by atoms with Crippen LogP contribution in [-0.4, -0.2) is 52.4 Å². The van der Waals surface area contributed by atoms with Crippen LogP contribution in [0.3, 0.4) is 0 Å². The number of fused-ring (bicyclic) bond motifs is 1. The number of likely N-dealkylation sites (tertiary alicyclic amines) is 1. The van der Waals surface area contributed by atoms with Crippen LogP contribution in [0.25, 0.3) is 16.5 Å². The summed E-state index contributed by atoms with van der Waals surface area (Å²) in [5, 5.41) is 1.29. The van der Waals surface area contributed by atoms with Crippen LogP contribution in [0.15, 0.2) is 36.5 Å². The van der Waals surface area contributed by atoms with Gasteiger partial charge < -0.3 is 9.88 Å². The van der Waals surface area contributed by atoms with Gasteiger partial charge in [0.1, 0.15) is 0 Å². The number of aromatic amines is 1. The largest absolute Gasteiger partial charge is 0.361 e. The number of carbonyl (C=O) groups is 1. The minimum Gasteiger partial charge on any atom is -0.361 e. The Morgan fingerprint density at radius 3 is 2.69 bits per heavy atom. The fourth-order valence-corrected chi connectivity index (χ4v) is 4.62. The second-order valence-electron chi connectivity index (χ2n) is 7.89. The van der Waals surface area contributed by atoms with Crippen molar-refractivity contribution in [2.75, 3.05) is 19.6 Å². The first kappa shape index (κ1) is 17.3. The summed E-state index contributed by atoms with van der Waals surface area (Å²) in [7, 11) is 0. The lowest BCUT2D eigenvalue weighted by Gasteiger charge is -2.40. The fourth-order valence-electron chi connectivity index (χ4n) is 4.62. The highest BCUT2D eigenvalue weighted by Gasteiger charge is 2.30. The van der Waals surface area contributed by atoms with Gasteiger partial charge in [0.2, 0.25) is 5.91 Å². The number of benzene rings is 1. The number of hydrogen-bond acceptors (Lipinski definition) is 2. The van der Waals surface area contributed by atoms with Crippen LogP contribution in [0.4, 0.5) is 0 Å². The Labute approximate surface area is 155 Å². The molecule has 4 heteroatoms. The van der Waals surface area contributed by atoms with Crippen molar-refractivity contribution < 1.29 is 4.79 Å². The van der Waals surface area contributed by atoms with Crippen molar-refractivity contribution in [1.82, 2.24) is 14.8 Å². The topological polar surface area (TPSA) is 39.3 Å². The molecule has 1 saturated heterocycles.